The number of nitrogens with one attached hydrogen (secondary N) is 1. The summed E-state index contributed by atoms with van der Waals surface area (Å²) in [6.45, 7) is 0. The van der Waals surface area contributed by atoms with Crippen LogP contribution < -0.4 is 5.32 Å². The molecule has 0 aliphatic carbocycles. The molecular weight excluding hydrogens is 300 g/mol. The lowest BCUT2D eigenvalue weighted by atomic mass is 10.2. The van der Waals surface area contributed by atoms with Gasteiger partial charge in [-0.25, -0.2) is 13.4 Å². The first kappa shape index (κ1) is 14.5. The number of carbonyl (C=O) groups is 1. The molecular formula is C13H11ClN2O3S. The number of benzene rings is 1. The summed E-state index contributed by atoms with van der Waals surface area (Å²) in [6.07, 6.45) is 2.49. The second-order valence-corrected chi connectivity index (χ2v) is 6.57. The van der Waals surface area contributed by atoms with Crippen LogP contribution in [0.1, 0.15) is 10.4 Å². The zero-order valence-electron chi connectivity index (χ0n) is 10.5. The smallest absolute Gasteiger partial charge is 0.256 e. The van der Waals surface area contributed by atoms with Crippen LogP contribution in [0.3, 0.4) is 0 Å². The van der Waals surface area contributed by atoms with Crippen molar-refractivity contribution >= 4 is 33.2 Å². The highest BCUT2D eigenvalue weighted by atomic mass is 35.5. The summed E-state index contributed by atoms with van der Waals surface area (Å²) in [5, 5.41) is 3.02. The average Bonchev–Trinajstić information content (AvgIpc) is 2.40. The molecule has 0 saturated heterocycles. The molecule has 2 rings (SSSR count). The van der Waals surface area contributed by atoms with Crippen LogP contribution in [0.2, 0.25) is 5.02 Å². The Morgan fingerprint density at radius 1 is 1.25 bits per heavy atom. The SMILES string of the molecule is CS(=O)(=O)c1cccc(C(=O)Nc2ccc(Cl)cn2)c1. The highest BCUT2D eigenvalue weighted by molar-refractivity contribution is 7.90. The van der Waals surface area contributed by atoms with Crippen molar-refractivity contribution in [3.05, 3.63) is 53.2 Å². The minimum atomic E-state index is -3.35. The normalized spacial score (nSPS) is 11.1. The zero-order chi connectivity index (χ0) is 14.8. The Balaban J connectivity index is 2.23. The number of pyridine rings is 1. The lowest BCUT2D eigenvalue weighted by Gasteiger charge is -2.05. The van der Waals surface area contributed by atoms with E-state index in [-0.39, 0.29) is 10.5 Å². The van der Waals surface area contributed by atoms with Crippen LogP contribution in [-0.4, -0.2) is 25.6 Å². The van der Waals surface area contributed by atoms with Gasteiger partial charge in [0.05, 0.1) is 9.92 Å². The molecule has 0 bridgehead atoms. The second-order valence-electron chi connectivity index (χ2n) is 4.12. The first-order valence-electron chi connectivity index (χ1n) is 5.59. The number of hydrogen-bond acceptors (Lipinski definition) is 4. The molecule has 2 aromatic rings. The number of anilines is 1. The number of rotatable bonds is 3. The maximum atomic E-state index is 12.0. The zero-order valence-corrected chi connectivity index (χ0v) is 12.1. The molecule has 7 heteroatoms. The van der Waals surface area contributed by atoms with Crippen molar-refractivity contribution in [1.29, 1.82) is 0 Å². The maximum absolute atomic E-state index is 12.0. The molecule has 0 aliphatic rings. The van der Waals surface area contributed by atoms with E-state index in [4.69, 9.17) is 11.6 Å². The summed E-state index contributed by atoms with van der Waals surface area (Å²) >= 11 is 5.69. The largest absolute Gasteiger partial charge is 0.307 e. The maximum Gasteiger partial charge on any atom is 0.256 e. The predicted octanol–water partition coefficient (Wildman–Crippen LogP) is 2.39. The molecule has 1 aromatic carbocycles. The van der Waals surface area contributed by atoms with Crippen LogP contribution in [-0.2, 0) is 9.84 Å². The van der Waals surface area contributed by atoms with Gasteiger partial charge in [0.2, 0.25) is 0 Å². The minimum absolute atomic E-state index is 0.0919. The van der Waals surface area contributed by atoms with Crippen molar-refractivity contribution in [2.75, 3.05) is 11.6 Å². The van der Waals surface area contributed by atoms with Gasteiger partial charge in [0, 0.05) is 18.0 Å². The highest BCUT2D eigenvalue weighted by Gasteiger charge is 2.12. The average molecular weight is 311 g/mol. The summed E-state index contributed by atoms with van der Waals surface area (Å²) in [7, 11) is -3.35. The van der Waals surface area contributed by atoms with Crippen LogP contribution in [0.5, 0.6) is 0 Å². The van der Waals surface area contributed by atoms with Gasteiger partial charge < -0.3 is 5.32 Å². The van der Waals surface area contributed by atoms with E-state index < -0.39 is 15.7 Å². The summed E-state index contributed by atoms with van der Waals surface area (Å²) in [4.78, 5) is 16.0. The fourth-order valence-electron chi connectivity index (χ4n) is 1.51. The molecule has 20 heavy (non-hydrogen) atoms. The van der Waals surface area contributed by atoms with Gasteiger partial charge in [-0.2, -0.15) is 0 Å². The Morgan fingerprint density at radius 3 is 2.60 bits per heavy atom. The topological polar surface area (TPSA) is 76.1 Å². The second kappa shape index (κ2) is 5.60. The molecule has 104 valence electrons. The molecule has 5 nitrogen and oxygen atoms in total. The van der Waals surface area contributed by atoms with Crippen LogP contribution >= 0.6 is 11.6 Å². The fourth-order valence-corrected chi connectivity index (χ4v) is 2.28. The number of sulfone groups is 1. The Bertz CT molecular complexity index is 742. The molecule has 0 fully saturated rings. The molecule has 0 unspecified atom stereocenters. The molecule has 1 aromatic heterocycles. The van der Waals surface area contributed by atoms with Gasteiger partial charge in [0.1, 0.15) is 5.82 Å². The molecule has 0 aliphatic heterocycles. The van der Waals surface area contributed by atoms with E-state index in [0.29, 0.717) is 10.8 Å². The first-order valence-corrected chi connectivity index (χ1v) is 7.86. The predicted molar refractivity (Wildman–Crippen MR) is 76.8 cm³/mol. The van der Waals surface area contributed by atoms with Gasteiger partial charge in [-0.3, -0.25) is 4.79 Å². The van der Waals surface area contributed by atoms with E-state index in [9.17, 15) is 13.2 Å². The van der Waals surface area contributed by atoms with Crippen LogP contribution in [0.15, 0.2) is 47.5 Å². The lowest BCUT2D eigenvalue weighted by Crippen LogP contribution is -2.13. The summed E-state index contributed by atoms with van der Waals surface area (Å²) in [5.41, 5.74) is 0.240. The summed E-state index contributed by atoms with van der Waals surface area (Å²) in [5.74, 6) is -0.102. The standard InChI is InChI=1S/C13H11ClN2O3S/c1-20(18,19)11-4-2-3-9(7-11)13(17)16-12-6-5-10(14)8-15-12/h2-8H,1H3,(H,15,16,17). The number of halogens is 1. The van der Waals surface area contributed by atoms with Gasteiger partial charge in [-0.15, -0.1) is 0 Å². The molecule has 0 radical (unpaired) electrons. The Kier molecular flexibility index (Phi) is 4.06. The molecule has 1 heterocycles. The number of amides is 1. The van der Waals surface area contributed by atoms with Crippen LogP contribution in [0.4, 0.5) is 5.82 Å². The first-order chi connectivity index (χ1) is 9.36. The van der Waals surface area contributed by atoms with E-state index >= 15 is 0 Å². The van der Waals surface area contributed by atoms with Gasteiger partial charge in [-0.05, 0) is 30.3 Å². The number of carbonyl (C=O) groups excluding carboxylic acids is 1. The van der Waals surface area contributed by atoms with E-state index in [0.717, 1.165) is 6.26 Å². The van der Waals surface area contributed by atoms with Crippen LogP contribution in [0.25, 0.3) is 0 Å². The number of aromatic nitrogens is 1. The Morgan fingerprint density at radius 2 is 2.00 bits per heavy atom. The van der Waals surface area contributed by atoms with Crippen molar-refractivity contribution in [2.24, 2.45) is 0 Å². The van der Waals surface area contributed by atoms with Crippen molar-refractivity contribution < 1.29 is 13.2 Å². The van der Waals surface area contributed by atoms with Gasteiger partial charge in [0.25, 0.3) is 5.91 Å². The van der Waals surface area contributed by atoms with Gasteiger partial charge in [0.15, 0.2) is 9.84 Å². The third kappa shape index (κ3) is 3.55. The van der Waals surface area contributed by atoms with E-state index in [2.05, 4.69) is 10.3 Å². The highest BCUT2D eigenvalue weighted by Crippen LogP contribution is 2.14. The van der Waals surface area contributed by atoms with Crippen molar-refractivity contribution in [3.8, 4) is 0 Å². The molecule has 0 spiro atoms. The van der Waals surface area contributed by atoms with E-state index in [1.54, 1.807) is 12.1 Å². The third-order valence-corrected chi connectivity index (χ3v) is 3.83. The van der Waals surface area contributed by atoms with Crippen molar-refractivity contribution in [2.45, 2.75) is 4.90 Å². The van der Waals surface area contributed by atoms with Gasteiger partial charge >= 0.3 is 0 Å². The number of nitrogens with zero attached hydrogens (tertiary/aromatic N) is 1. The quantitative estimate of drug-likeness (QED) is 0.944. The van der Waals surface area contributed by atoms with E-state index in [1.165, 1.54) is 30.5 Å². The molecule has 0 saturated carbocycles. The molecule has 1 N–H and O–H groups in total. The monoisotopic (exact) mass is 310 g/mol. The Hall–Kier alpha value is -1.92. The van der Waals surface area contributed by atoms with E-state index in [1.807, 2.05) is 0 Å². The molecule has 1 amide bonds. The third-order valence-electron chi connectivity index (χ3n) is 2.49. The minimum Gasteiger partial charge on any atom is -0.307 e. The van der Waals surface area contributed by atoms with Crippen molar-refractivity contribution in [3.63, 3.8) is 0 Å². The fraction of sp³-hybridized carbons (Fsp3) is 0.0769. The van der Waals surface area contributed by atoms with Gasteiger partial charge in [-0.1, -0.05) is 17.7 Å². The van der Waals surface area contributed by atoms with Crippen LogP contribution in [0, 0.1) is 0 Å². The molecule has 0 atom stereocenters. The van der Waals surface area contributed by atoms with Crippen molar-refractivity contribution in [1.82, 2.24) is 4.98 Å². The number of hydrogen-bond donors (Lipinski definition) is 1. The lowest BCUT2D eigenvalue weighted by molar-refractivity contribution is 0.102. The summed E-state index contributed by atoms with van der Waals surface area (Å²) in [6, 6.07) is 8.95. The summed E-state index contributed by atoms with van der Waals surface area (Å²) < 4.78 is 22.9. The Labute approximate surface area is 121 Å².